The number of halogens is 1. The van der Waals surface area contributed by atoms with E-state index in [4.69, 9.17) is 11.6 Å². The summed E-state index contributed by atoms with van der Waals surface area (Å²) in [6.07, 6.45) is 5.61. The number of nitrogens with zero attached hydrogens (tertiary/aromatic N) is 3. The van der Waals surface area contributed by atoms with Crippen LogP contribution < -0.4 is 5.32 Å². The van der Waals surface area contributed by atoms with Crippen LogP contribution in [-0.2, 0) is 9.59 Å². The third kappa shape index (κ3) is 5.64. The molecule has 0 unspecified atom stereocenters. The van der Waals surface area contributed by atoms with E-state index in [-0.39, 0.29) is 29.7 Å². The van der Waals surface area contributed by atoms with E-state index in [0.717, 1.165) is 27.5 Å². The Labute approximate surface area is 212 Å². The molecule has 2 fully saturated rings. The van der Waals surface area contributed by atoms with E-state index >= 15 is 0 Å². The highest BCUT2D eigenvalue weighted by atomic mass is 35.5. The summed E-state index contributed by atoms with van der Waals surface area (Å²) in [4.78, 5) is 46.2. The molecule has 1 aliphatic carbocycles. The Morgan fingerprint density at radius 2 is 2.06 bits per heavy atom. The summed E-state index contributed by atoms with van der Waals surface area (Å²) in [5, 5.41) is 3.98. The standard InChI is InChI=1S/C24H27ClN4O3S2/c1-4-20(30)29-9-5-8-28(13-15(29)3)23(32)17-11-19(18(25)10-14(17)2)33-21-12-26-24(34-21)27-22(31)16-6-7-16/h4,10-12,15-16H,1,5-9,13H2,2-3H3,(H,26,27,31)/t15-/m1/s1. The van der Waals surface area contributed by atoms with E-state index < -0.39 is 0 Å². The Morgan fingerprint density at radius 3 is 2.76 bits per heavy atom. The van der Waals surface area contributed by atoms with Crippen LogP contribution in [0.1, 0.15) is 42.1 Å². The highest BCUT2D eigenvalue weighted by Gasteiger charge is 2.30. The van der Waals surface area contributed by atoms with Crippen molar-refractivity contribution in [3.8, 4) is 0 Å². The van der Waals surface area contributed by atoms with Crippen LogP contribution in [-0.4, -0.2) is 58.2 Å². The number of hydrogen-bond acceptors (Lipinski definition) is 6. The molecule has 180 valence electrons. The summed E-state index contributed by atoms with van der Waals surface area (Å²) in [6.45, 7) is 9.04. The van der Waals surface area contributed by atoms with Crippen LogP contribution in [0.4, 0.5) is 5.13 Å². The minimum absolute atomic E-state index is 0.0205. The Bertz CT molecular complexity index is 1130. The molecule has 1 N–H and O–H groups in total. The third-order valence-electron chi connectivity index (χ3n) is 5.97. The molecule has 7 nitrogen and oxygen atoms in total. The highest BCUT2D eigenvalue weighted by molar-refractivity contribution is 8.01. The van der Waals surface area contributed by atoms with Gasteiger partial charge in [0.1, 0.15) is 0 Å². The van der Waals surface area contributed by atoms with E-state index in [1.165, 1.54) is 29.2 Å². The monoisotopic (exact) mass is 518 g/mol. The van der Waals surface area contributed by atoms with Gasteiger partial charge in [-0.15, -0.1) is 0 Å². The third-order valence-corrected chi connectivity index (χ3v) is 8.47. The molecule has 3 amide bonds. The number of carbonyl (C=O) groups excluding carboxylic acids is 3. The lowest BCUT2D eigenvalue weighted by Crippen LogP contribution is -2.43. The van der Waals surface area contributed by atoms with Crippen LogP contribution in [0.15, 0.2) is 40.1 Å². The molecule has 1 aromatic carbocycles. The Kier molecular flexibility index (Phi) is 7.64. The number of rotatable bonds is 6. The average Bonchev–Trinajstić information content (AvgIpc) is 3.60. The molecule has 2 aliphatic rings. The van der Waals surface area contributed by atoms with E-state index in [2.05, 4.69) is 16.9 Å². The van der Waals surface area contributed by atoms with Gasteiger partial charge in [-0.2, -0.15) is 0 Å². The summed E-state index contributed by atoms with van der Waals surface area (Å²) in [7, 11) is 0. The van der Waals surface area contributed by atoms with Gasteiger partial charge in [0.2, 0.25) is 11.8 Å². The summed E-state index contributed by atoms with van der Waals surface area (Å²) in [5.74, 6) is -0.0474. The van der Waals surface area contributed by atoms with Crippen molar-refractivity contribution in [1.82, 2.24) is 14.8 Å². The summed E-state index contributed by atoms with van der Waals surface area (Å²) in [6, 6.07) is 3.54. The second-order valence-corrected chi connectivity index (χ2v) is 11.4. The van der Waals surface area contributed by atoms with Crippen molar-refractivity contribution >= 4 is 57.6 Å². The molecular weight excluding hydrogens is 492 g/mol. The summed E-state index contributed by atoms with van der Waals surface area (Å²) < 4.78 is 0.872. The smallest absolute Gasteiger partial charge is 0.254 e. The zero-order chi connectivity index (χ0) is 24.4. The van der Waals surface area contributed by atoms with Gasteiger partial charge in [0, 0.05) is 42.1 Å². The number of hydrogen-bond donors (Lipinski definition) is 1. The first-order valence-corrected chi connectivity index (χ1v) is 13.2. The number of thiazole rings is 1. The van der Waals surface area contributed by atoms with E-state index in [0.29, 0.717) is 41.8 Å². The fraction of sp³-hybridized carbons (Fsp3) is 0.417. The number of aromatic nitrogens is 1. The lowest BCUT2D eigenvalue weighted by molar-refractivity contribution is -0.127. The highest BCUT2D eigenvalue weighted by Crippen LogP contribution is 2.39. The van der Waals surface area contributed by atoms with Gasteiger partial charge < -0.3 is 15.1 Å². The van der Waals surface area contributed by atoms with Gasteiger partial charge >= 0.3 is 0 Å². The lowest BCUT2D eigenvalue weighted by Gasteiger charge is -2.28. The molecule has 1 saturated carbocycles. The van der Waals surface area contributed by atoms with Crippen molar-refractivity contribution in [2.45, 2.75) is 48.3 Å². The van der Waals surface area contributed by atoms with Crippen molar-refractivity contribution in [3.63, 3.8) is 0 Å². The molecule has 1 aliphatic heterocycles. The van der Waals surface area contributed by atoms with Crippen LogP contribution in [0.5, 0.6) is 0 Å². The SMILES string of the molecule is C=CC(=O)N1CCCN(C(=O)c2cc(Sc3cnc(NC(=O)C4CC4)s3)c(Cl)cc2C)C[C@H]1C. The second-order valence-electron chi connectivity index (χ2n) is 8.64. The largest absolute Gasteiger partial charge is 0.337 e. The molecular formula is C24H27ClN4O3S2. The van der Waals surface area contributed by atoms with Crippen LogP contribution in [0, 0.1) is 12.8 Å². The van der Waals surface area contributed by atoms with Crippen molar-refractivity contribution in [2.75, 3.05) is 25.0 Å². The first-order valence-electron chi connectivity index (χ1n) is 11.2. The second kappa shape index (κ2) is 10.5. The van der Waals surface area contributed by atoms with Gasteiger partial charge in [0.15, 0.2) is 5.13 Å². The normalized spacial score (nSPS) is 18.4. The maximum absolute atomic E-state index is 13.5. The Balaban J connectivity index is 1.49. The molecule has 34 heavy (non-hydrogen) atoms. The fourth-order valence-electron chi connectivity index (χ4n) is 3.95. The van der Waals surface area contributed by atoms with Crippen molar-refractivity contribution in [2.24, 2.45) is 5.92 Å². The molecule has 0 radical (unpaired) electrons. The molecule has 1 saturated heterocycles. The zero-order valence-electron chi connectivity index (χ0n) is 19.2. The zero-order valence-corrected chi connectivity index (χ0v) is 21.6. The Morgan fingerprint density at radius 1 is 1.29 bits per heavy atom. The molecule has 1 atom stereocenters. The van der Waals surface area contributed by atoms with Crippen LogP contribution in [0.2, 0.25) is 5.02 Å². The minimum Gasteiger partial charge on any atom is -0.337 e. The van der Waals surface area contributed by atoms with Crippen LogP contribution >= 0.6 is 34.7 Å². The van der Waals surface area contributed by atoms with Crippen LogP contribution in [0.25, 0.3) is 0 Å². The molecule has 1 aromatic heterocycles. The average molecular weight is 519 g/mol. The van der Waals surface area contributed by atoms with Crippen LogP contribution in [0.3, 0.4) is 0 Å². The van der Waals surface area contributed by atoms with Gasteiger partial charge in [-0.25, -0.2) is 4.98 Å². The van der Waals surface area contributed by atoms with Crippen molar-refractivity contribution in [1.29, 1.82) is 0 Å². The van der Waals surface area contributed by atoms with Crippen molar-refractivity contribution < 1.29 is 14.4 Å². The summed E-state index contributed by atoms with van der Waals surface area (Å²) >= 11 is 9.33. The number of amides is 3. The molecule has 2 aromatic rings. The van der Waals surface area contributed by atoms with E-state index in [1.807, 2.05) is 30.9 Å². The lowest BCUT2D eigenvalue weighted by atomic mass is 10.1. The van der Waals surface area contributed by atoms with Gasteiger partial charge in [-0.05, 0) is 56.9 Å². The Hall–Kier alpha value is -2.36. The maximum Gasteiger partial charge on any atom is 0.254 e. The van der Waals surface area contributed by atoms with Gasteiger partial charge in [0.25, 0.3) is 5.91 Å². The molecule has 10 heteroatoms. The molecule has 4 rings (SSSR count). The maximum atomic E-state index is 13.5. The first kappa shape index (κ1) is 24.8. The number of nitrogens with one attached hydrogen (secondary N) is 1. The fourth-order valence-corrected chi connectivity index (χ4v) is 6.16. The van der Waals surface area contributed by atoms with E-state index in [9.17, 15) is 14.4 Å². The van der Waals surface area contributed by atoms with Gasteiger partial charge in [0.05, 0.1) is 15.4 Å². The number of carbonyl (C=O) groups is 3. The molecule has 2 heterocycles. The number of aryl methyl sites for hydroxylation is 1. The predicted octanol–water partition coefficient (Wildman–Crippen LogP) is 4.85. The predicted molar refractivity (Wildman–Crippen MR) is 136 cm³/mol. The van der Waals surface area contributed by atoms with Gasteiger partial charge in [-0.1, -0.05) is 41.3 Å². The topological polar surface area (TPSA) is 82.6 Å². The minimum atomic E-state index is -0.111. The molecule has 0 spiro atoms. The van der Waals surface area contributed by atoms with E-state index in [1.54, 1.807) is 11.1 Å². The van der Waals surface area contributed by atoms with Crippen molar-refractivity contribution in [3.05, 3.63) is 47.1 Å². The quantitative estimate of drug-likeness (QED) is 0.552. The number of benzene rings is 1. The summed E-state index contributed by atoms with van der Waals surface area (Å²) in [5.41, 5.74) is 1.39. The first-order chi connectivity index (χ1) is 16.3. The van der Waals surface area contributed by atoms with Gasteiger partial charge in [-0.3, -0.25) is 14.4 Å². The number of anilines is 1. The molecule has 0 bridgehead atoms.